The fourth-order valence-corrected chi connectivity index (χ4v) is 0.874. The van der Waals surface area contributed by atoms with E-state index in [9.17, 15) is 0 Å². The van der Waals surface area contributed by atoms with E-state index in [2.05, 4.69) is 34.6 Å². The molecule has 0 saturated heterocycles. The van der Waals surface area contributed by atoms with Gasteiger partial charge in [-0.25, -0.2) is 0 Å². The summed E-state index contributed by atoms with van der Waals surface area (Å²) in [4.78, 5) is 0. The molecular formula is C22H56. The molecule has 1 fully saturated rings. The van der Waals surface area contributed by atoms with Crippen LogP contribution in [-0.2, 0) is 0 Å². The summed E-state index contributed by atoms with van der Waals surface area (Å²) >= 11 is 0. The Morgan fingerprint density at radius 3 is 0.636 bits per heavy atom. The normalized spacial score (nSPS) is 9.68. The van der Waals surface area contributed by atoms with Crippen LogP contribution >= 0.6 is 0 Å². The molecule has 1 rings (SSSR count). The molecular weight excluding hydrogens is 264 g/mol. The SMILES string of the molecule is CC.CC.CC.CC.CC1CC1.CCCCC.CCCCC. The van der Waals surface area contributed by atoms with Crippen LogP contribution in [0.15, 0.2) is 0 Å². The Morgan fingerprint density at radius 1 is 0.500 bits per heavy atom. The summed E-state index contributed by atoms with van der Waals surface area (Å²) in [6, 6.07) is 0. The van der Waals surface area contributed by atoms with Crippen molar-refractivity contribution < 1.29 is 0 Å². The van der Waals surface area contributed by atoms with Crippen LogP contribution in [0.5, 0.6) is 0 Å². The van der Waals surface area contributed by atoms with Gasteiger partial charge in [-0.3, -0.25) is 0 Å². The monoisotopic (exact) mass is 320 g/mol. The van der Waals surface area contributed by atoms with Crippen molar-refractivity contribution in [2.75, 3.05) is 0 Å². The molecule has 1 saturated carbocycles. The van der Waals surface area contributed by atoms with Crippen LogP contribution < -0.4 is 0 Å². The Morgan fingerprint density at radius 2 is 0.636 bits per heavy atom. The van der Waals surface area contributed by atoms with Gasteiger partial charge < -0.3 is 0 Å². The van der Waals surface area contributed by atoms with Crippen LogP contribution in [0.2, 0.25) is 0 Å². The molecule has 0 N–H and O–H groups in total. The molecule has 0 nitrogen and oxygen atoms in total. The maximum absolute atomic E-state index is 2.28. The molecule has 0 aromatic rings. The van der Waals surface area contributed by atoms with Gasteiger partial charge in [-0.2, -0.15) is 0 Å². The van der Waals surface area contributed by atoms with Crippen molar-refractivity contribution in [3.63, 3.8) is 0 Å². The number of hydrogen-bond donors (Lipinski definition) is 0. The smallest absolute Gasteiger partial charge is 0.0443 e. The number of hydrogen-bond acceptors (Lipinski definition) is 0. The van der Waals surface area contributed by atoms with Gasteiger partial charge in [0.2, 0.25) is 0 Å². The van der Waals surface area contributed by atoms with Crippen LogP contribution in [0.1, 0.15) is 141 Å². The molecule has 144 valence electrons. The zero-order chi connectivity index (χ0) is 19.2. The highest BCUT2D eigenvalue weighted by atomic mass is 14.2. The van der Waals surface area contributed by atoms with Crippen molar-refractivity contribution in [1.29, 1.82) is 0 Å². The average Bonchev–Trinajstić information content (AvgIpc) is 3.40. The Balaban J connectivity index is -0.0000000357. The van der Waals surface area contributed by atoms with Crippen LogP contribution in [-0.4, -0.2) is 0 Å². The maximum Gasteiger partial charge on any atom is -0.0443 e. The molecule has 0 spiro atoms. The van der Waals surface area contributed by atoms with E-state index in [4.69, 9.17) is 0 Å². The van der Waals surface area contributed by atoms with E-state index in [1.807, 2.05) is 55.4 Å². The van der Waals surface area contributed by atoms with Gasteiger partial charge in [0.25, 0.3) is 0 Å². The summed E-state index contributed by atoms with van der Waals surface area (Å²) in [5.41, 5.74) is 0. The van der Waals surface area contributed by atoms with E-state index in [-0.39, 0.29) is 0 Å². The first-order valence-corrected chi connectivity index (χ1v) is 10.7. The summed E-state index contributed by atoms with van der Waals surface area (Å²) in [7, 11) is 0. The van der Waals surface area contributed by atoms with Gasteiger partial charge in [-0.05, 0) is 5.92 Å². The van der Waals surface area contributed by atoms with Gasteiger partial charge >= 0.3 is 0 Å². The first kappa shape index (κ1) is 37.9. The van der Waals surface area contributed by atoms with Gasteiger partial charge in [-0.1, -0.05) is 141 Å². The van der Waals surface area contributed by atoms with Gasteiger partial charge in [-0.15, -0.1) is 0 Å². The molecule has 0 bridgehead atoms. The van der Waals surface area contributed by atoms with E-state index in [0.717, 1.165) is 5.92 Å². The zero-order valence-electron chi connectivity index (χ0n) is 19.2. The van der Waals surface area contributed by atoms with Crippen LogP contribution in [0.25, 0.3) is 0 Å². The Hall–Kier alpha value is 0. The summed E-state index contributed by atoms with van der Waals surface area (Å²) < 4.78 is 0. The Bertz CT molecular complexity index is 62.1. The molecule has 0 atom stereocenters. The van der Waals surface area contributed by atoms with Crippen LogP contribution in [0, 0.1) is 5.92 Å². The highest BCUT2D eigenvalue weighted by Gasteiger charge is 2.12. The highest BCUT2D eigenvalue weighted by molar-refractivity contribution is 4.65. The zero-order valence-corrected chi connectivity index (χ0v) is 19.2. The molecule has 22 heavy (non-hydrogen) atoms. The molecule has 0 aromatic heterocycles. The highest BCUT2D eigenvalue weighted by Crippen LogP contribution is 2.26. The third-order valence-corrected chi connectivity index (χ3v) is 2.28. The number of rotatable bonds is 4. The molecule has 0 aromatic carbocycles. The van der Waals surface area contributed by atoms with Crippen LogP contribution in [0.4, 0.5) is 0 Å². The summed E-state index contributed by atoms with van der Waals surface area (Å²) in [6.45, 7) is 27.1. The summed E-state index contributed by atoms with van der Waals surface area (Å²) in [5.74, 6) is 1.08. The van der Waals surface area contributed by atoms with Gasteiger partial charge in [0.05, 0.1) is 0 Å². The van der Waals surface area contributed by atoms with E-state index >= 15 is 0 Å². The van der Waals surface area contributed by atoms with E-state index in [0.29, 0.717) is 0 Å². The lowest BCUT2D eigenvalue weighted by molar-refractivity contribution is 0.772. The maximum atomic E-state index is 2.28. The molecule has 0 amide bonds. The van der Waals surface area contributed by atoms with Gasteiger partial charge in [0, 0.05) is 0 Å². The Labute approximate surface area is 147 Å². The van der Waals surface area contributed by atoms with Crippen molar-refractivity contribution in [3.8, 4) is 0 Å². The summed E-state index contributed by atoms with van der Waals surface area (Å²) in [5, 5.41) is 0. The predicted molar refractivity (Wildman–Crippen MR) is 114 cm³/mol. The second-order valence-corrected chi connectivity index (χ2v) is 4.39. The second-order valence-electron chi connectivity index (χ2n) is 4.39. The van der Waals surface area contributed by atoms with Crippen molar-refractivity contribution in [2.45, 2.75) is 141 Å². The van der Waals surface area contributed by atoms with E-state index < -0.39 is 0 Å². The topological polar surface area (TPSA) is 0 Å². The van der Waals surface area contributed by atoms with Gasteiger partial charge in [0.1, 0.15) is 0 Å². The predicted octanol–water partition coefficient (Wildman–Crippen LogP) is 9.91. The van der Waals surface area contributed by atoms with E-state index in [1.54, 1.807) is 0 Å². The molecule has 0 heteroatoms. The minimum absolute atomic E-state index is 1.08. The van der Waals surface area contributed by atoms with Crippen molar-refractivity contribution in [2.24, 2.45) is 5.92 Å². The quantitative estimate of drug-likeness (QED) is 0.483. The minimum atomic E-state index is 1.08. The van der Waals surface area contributed by atoms with Crippen molar-refractivity contribution >= 4 is 0 Å². The lowest BCUT2D eigenvalue weighted by atomic mass is 10.3. The van der Waals surface area contributed by atoms with Crippen LogP contribution in [0.3, 0.4) is 0 Å². The Kier molecular flexibility index (Phi) is 120. The fourth-order valence-electron chi connectivity index (χ4n) is 0.874. The first-order valence-electron chi connectivity index (χ1n) is 10.7. The van der Waals surface area contributed by atoms with Crippen molar-refractivity contribution in [3.05, 3.63) is 0 Å². The lowest BCUT2D eigenvalue weighted by Gasteiger charge is -1.79. The number of unbranched alkanes of at least 4 members (excludes halogenated alkanes) is 4. The molecule has 1 aliphatic rings. The molecule has 0 heterocycles. The third kappa shape index (κ3) is 147. The summed E-state index contributed by atoms with van der Waals surface area (Å²) in [6.07, 6.45) is 11.1. The largest absolute Gasteiger partial charge is 0.0683 e. The standard InChI is InChI=1S/2C5H12.C4H8.4C2H6/c2*1-3-5-4-2;1-4-2-3-4;4*1-2/h2*3-5H2,1-2H3;4H,2-3H2,1H3;4*1-2H3. The minimum Gasteiger partial charge on any atom is -0.0683 e. The first-order chi connectivity index (χ1) is 10.7. The van der Waals surface area contributed by atoms with E-state index in [1.165, 1.54) is 51.4 Å². The second kappa shape index (κ2) is 69.4. The third-order valence-electron chi connectivity index (χ3n) is 2.28. The molecule has 0 aliphatic heterocycles. The fraction of sp³-hybridized carbons (Fsp3) is 1.00. The van der Waals surface area contributed by atoms with Crippen molar-refractivity contribution in [1.82, 2.24) is 0 Å². The van der Waals surface area contributed by atoms with Gasteiger partial charge in [0.15, 0.2) is 0 Å². The molecule has 0 radical (unpaired) electrons. The average molecular weight is 321 g/mol. The lowest BCUT2D eigenvalue weighted by Crippen LogP contribution is -1.59. The molecule has 1 aliphatic carbocycles. The molecule has 0 unspecified atom stereocenters.